The Morgan fingerprint density at radius 1 is 1.00 bits per heavy atom. The van der Waals surface area contributed by atoms with E-state index >= 15 is 0 Å². The van der Waals surface area contributed by atoms with Gasteiger partial charge in [0.25, 0.3) is 0 Å². The Balaban J connectivity index is 2.31. The van der Waals surface area contributed by atoms with Crippen LogP contribution in [-0.2, 0) is 6.61 Å². The Kier molecular flexibility index (Phi) is 3.56. The van der Waals surface area contributed by atoms with Crippen molar-refractivity contribution in [3.05, 3.63) is 48.0 Å². The van der Waals surface area contributed by atoms with Gasteiger partial charge in [-0.2, -0.15) is 0 Å². The van der Waals surface area contributed by atoms with Crippen molar-refractivity contribution >= 4 is 23.1 Å². The highest BCUT2D eigenvalue weighted by molar-refractivity contribution is 7.99. The summed E-state index contributed by atoms with van der Waals surface area (Å²) >= 11 is 1.53. The summed E-state index contributed by atoms with van der Waals surface area (Å²) in [5.74, 6) is 0. The monoisotopic (exact) mass is 246 g/mol. The molecule has 0 heterocycles. The molecule has 0 radical (unpaired) electrons. The van der Waals surface area contributed by atoms with Gasteiger partial charge in [0.15, 0.2) is 0 Å². The van der Waals surface area contributed by atoms with Crippen LogP contribution >= 0.6 is 11.8 Å². The van der Waals surface area contributed by atoms with Gasteiger partial charge in [0.05, 0.1) is 6.61 Å². The minimum atomic E-state index is 0.0258. The molecular weight excluding hydrogens is 232 g/mol. The van der Waals surface area contributed by atoms with Crippen molar-refractivity contribution in [1.29, 1.82) is 0 Å². The van der Waals surface area contributed by atoms with Crippen molar-refractivity contribution in [2.45, 2.75) is 16.4 Å². The van der Waals surface area contributed by atoms with Crippen LogP contribution in [0.5, 0.6) is 0 Å². The standard InChI is InChI=1S/C13H14N2OS/c14-10-5-6-13(11(15)7-10)17-12-4-2-1-3-9(12)8-16/h1-7,16H,8,14-15H2. The molecule has 0 aliphatic heterocycles. The maximum absolute atomic E-state index is 9.25. The summed E-state index contributed by atoms with van der Waals surface area (Å²) in [6, 6.07) is 13.2. The van der Waals surface area contributed by atoms with Gasteiger partial charge in [0.1, 0.15) is 0 Å². The molecule has 4 heteroatoms. The highest BCUT2D eigenvalue weighted by atomic mass is 32.2. The van der Waals surface area contributed by atoms with Gasteiger partial charge in [-0.25, -0.2) is 0 Å². The minimum Gasteiger partial charge on any atom is -0.399 e. The number of nitrogen functional groups attached to an aromatic ring is 2. The fourth-order valence-corrected chi connectivity index (χ4v) is 2.47. The van der Waals surface area contributed by atoms with Crippen LogP contribution in [-0.4, -0.2) is 5.11 Å². The normalized spacial score (nSPS) is 10.4. The van der Waals surface area contributed by atoms with Crippen molar-refractivity contribution in [1.82, 2.24) is 0 Å². The number of hydrogen-bond donors (Lipinski definition) is 3. The second kappa shape index (κ2) is 5.12. The number of aliphatic hydroxyl groups is 1. The average molecular weight is 246 g/mol. The molecule has 0 saturated heterocycles. The molecule has 0 fully saturated rings. The van der Waals surface area contributed by atoms with E-state index in [1.807, 2.05) is 36.4 Å². The number of aliphatic hydroxyl groups excluding tert-OH is 1. The number of hydrogen-bond acceptors (Lipinski definition) is 4. The van der Waals surface area contributed by atoms with E-state index in [-0.39, 0.29) is 6.61 Å². The Hall–Kier alpha value is -1.65. The molecule has 0 spiro atoms. The summed E-state index contributed by atoms with van der Waals surface area (Å²) in [7, 11) is 0. The van der Waals surface area contributed by atoms with Gasteiger partial charge in [-0.05, 0) is 29.8 Å². The minimum absolute atomic E-state index is 0.0258. The third-order valence-corrected chi connectivity index (χ3v) is 3.61. The first-order valence-electron chi connectivity index (χ1n) is 5.22. The summed E-state index contributed by atoms with van der Waals surface area (Å²) in [5.41, 5.74) is 13.8. The van der Waals surface area contributed by atoms with Crippen LogP contribution in [0.1, 0.15) is 5.56 Å². The zero-order valence-corrected chi connectivity index (χ0v) is 10.1. The van der Waals surface area contributed by atoms with Crippen LogP contribution < -0.4 is 11.5 Å². The van der Waals surface area contributed by atoms with Crippen molar-refractivity contribution < 1.29 is 5.11 Å². The molecule has 17 heavy (non-hydrogen) atoms. The van der Waals surface area contributed by atoms with E-state index < -0.39 is 0 Å². The first-order chi connectivity index (χ1) is 8.20. The molecule has 0 aliphatic carbocycles. The first-order valence-corrected chi connectivity index (χ1v) is 6.04. The van der Waals surface area contributed by atoms with Gasteiger partial charge in [0, 0.05) is 21.2 Å². The van der Waals surface area contributed by atoms with Crippen molar-refractivity contribution in [2.24, 2.45) is 0 Å². The van der Waals surface area contributed by atoms with Gasteiger partial charge in [-0.15, -0.1) is 0 Å². The van der Waals surface area contributed by atoms with Crippen LogP contribution in [0.25, 0.3) is 0 Å². The third-order valence-electron chi connectivity index (χ3n) is 2.40. The number of anilines is 2. The molecule has 3 nitrogen and oxygen atoms in total. The van der Waals surface area contributed by atoms with Crippen LogP contribution in [0.2, 0.25) is 0 Å². The Bertz CT molecular complexity index is 529. The maximum Gasteiger partial charge on any atom is 0.0692 e. The van der Waals surface area contributed by atoms with Crippen LogP contribution in [0.4, 0.5) is 11.4 Å². The van der Waals surface area contributed by atoms with Crippen molar-refractivity contribution in [2.75, 3.05) is 11.5 Å². The predicted molar refractivity (Wildman–Crippen MR) is 71.8 cm³/mol. The largest absolute Gasteiger partial charge is 0.399 e. The SMILES string of the molecule is Nc1ccc(Sc2ccccc2CO)c(N)c1. The van der Waals surface area contributed by atoms with E-state index in [9.17, 15) is 5.11 Å². The van der Waals surface area contributed by atoms with Crippen molar-refractivity contribution in [3.8, 4) is 0 Å². The highest BCUT2D eigenvalue weighted by Gasteiger charge is 2.05. The number of benzene rings is 2. The Labute approximate surface area is 104 Å². The molecule has 0 aliphatic rings. The van der Waals surface area contributed by atoms with Crippen LogP contribution in [0, 0.1) is 0 Å². The summed E-state index contributed by atoms with van der Waals surface area (Å²) in [6.45, 7) is 0.0258. The van der Waals surface area contributed by atoms with E-state index in [0.29, 0.717) is 11.4 Å². The van der Waals surface area contributed by atoms with E-state index in [0.717, 1.165) is 15.4 Å². The number of rotatable bonds is 3. The average Bonchev–Trinajstić information content (AvgIpc) is 2.33. The zero-order chi connectivity index (χ0) is 12.3. The van der Waals surface area contributed by atoms with Crippen LogP contribution in [0.15, 0.2) is 52.3 Å². The zero-order valence-electron chi connectivity index (χ0n) is 9.26. The smallest absolute Gasteiger partial charge is 0.0692 e. The molecule has 88 valence electrons. The van der Waals surface area contributed by atoms with Gasteiger partial charge < -0.3 is 16.6 Å². The van der Waals surface area contributed by atoms with E-state index in [4.69, 9.17) is 11.5 Å². The third kappa shape index (κ3) is 2.72. The second-order valence-electron chi connectivity index (χ2n) is 3.67. The van der Waals surface area contributed by atoms with E-state index in [1.165, 1.54) is 11.8 Å². The quantitative estimate of drug-likeness (QED) is 0.728. The molecule has 2 aromatic rings. The van der Waals surface area contributed by atoms with Crippen LogP contribution in [0.3, 0.4) is 0 Å². The van der Waals surface area contributed by atoms with Gasteiger partial charge in [-0.1, -0.05) is 30.0 Å². The van der Waals surface area contributed by atoms with Gasteiger partial charge in [0.2, 0.25) is 0 Å². The molecule has 0 atom stereocenters. The van der Waals surface area contributed by atoms with E-state index in [2.05, 4.69) is 0 Å². The fourth-order valence-electron chi connectivity index (χ4n) is 1.51. The second-order valence-corrected chi connectivity index (χ2v) is 4.75. The summed E-state index contributed by atoms with van der Waals surface area (Å²) in [4.78, 5) is 1.95. The van der Waals surface area contributed by atoms with E-state index in [1.54, 1.807) is 6.07 Å². The first kappa shape index (κ1) is 11.8. The summed E-state index contributed by atoms with van der Waals surface area (Å²) in [6.07, 6.45) is 0. The Morgan fingerprint density at radius 2 is 1.76 bits per heavy atom. The molecule has 0 bridgehead atoms. The summed E-state index contributed by atoms with van der Waals surface area (Å²) < 4.78 is 0. The van der Waals surface area contributed by atoms with Gasteiger partial charge >= 0.3 is 0 Å². The molecule has 0 unspecified atom stereocenters. The predicted octanol–water partition coefficient (Wildman–Crippen LogP) is 2.49. The molecule has 0 aromatic heterocycles. The maximum atomic E-state index is 9.25. The fraction of sp³-hybridized carbons (Fsp3) is 0.0769. The molecule has 5 N–H and O–H groups in total. The number of nitrogens with two attached hydrogens (primary N) is 2. The lowest BCUT2D eigenvalue weighted by atomic mass is 10.2. The van der Waals surface area contributed by atoms with Gasteiger partial charge in [-0.3, -0.25) is 0 Å². The molecule has 0 saturated carbocycles. The lowest BCUT2D eigenvalue weighted by molar-refractivity contribution is 0.279. The molecule has 2 aromatic carbocycles. The highest BCUT2D eigenvalue weighted by Crippen LogP contribution is 2.34. The topological polar surface area (TPSA) is 72.3 Å². The summed E-state index contributed by atoms with van der Waals surface area (Å²) in [5, 5.41) is 9.25. The lowest BCUT2D eigenvalue weighted by Crippen LogP contribution is -1.93. The molecule has 2 rings (SSSR count). The molecular formula is C13H14N2OS. The van der Waals surface area contributed by atoms with Crippen molar-refractivity contribution in [3.63, 3.8) is 0 Å². The molecule has 0 amide bonds. The Morgan fingerprint density at radius 3 is 2.47 bits per heavy atom. The lowest BCUT2D eigenvalue weighted by Gasteiger charge is -2.09.